The van der Waals surface area contributed by atoms with Crippen molar-refractivity contribution in [2.45, 2.75) is 12.1 Å². The highest BCUT2D eigenvalue weighted by atomic mass is 32.2. The summed E-state index contributed by atoms with van der Waals surface area (Å²) in [6.07, 6.45) is 1.96. The lowest BCUT2D eigenvalue weighted by Crippen LogP contribution is -2.00. The highest BCUT2D eigenvalue weighted by Gasteiger charge is 2.19. The van der Waals surface area contributed by atoms with Crippen LogP contribution in [0.4, 0.5) is 0 Å². The van der Waals surface area contributed by atoms with Crippen LogP contribution < -0.4 is 0 Å². The molecule has 0 radical (unpaired) electrons. The maximum Gasteiger partial charge on any atom is 0.174 e. The quantitative estimate of drug-likeness (QED) is 0.509. The Morgan fingerprint density at radius 3 is 2.35 bits per heavy atom. The van der Waals surface area contributed by atoms with Crippen LogP contribution in [0.25, 0.3) is 28.2 Å². The molecular formula is C20H15N5S. The van der Waals surface area contributed by atoms with Gasteiger partial charge in [-0.3, -0.25) is 4.57 Å². The molecule has 4 rings (SSSR count). The summed E-state index contributed by atoms with van der Waals surface area (Å²) in [5, 5.41) is 10.4. The van der Waals surface area contributed by atoms with Crippen molar-refractivity contribution in [2.75, 3.05) is 6.26 Å². The van der Waals surface area contributed by atoms with E-state index in [0.717, 1.165) is 22.0 Å². The van der Waals surface area contributed by atoms with E-state index in [4.69, 9.17) is 4.98 Å². The third-order valence-corrected chi connectivity index (χ3v) is 4.73. The molecule has 0 saturated heterocycles. The van der Waals surface area contributed by atoms with Gasteiger partial charge in [0.2, 0.25) is 0 Å². The van der Waals surface area contributed by atoms with Gasteiger partial charge in [0.25, 0.3) is 0 Å². The van der Waals surface area contributed by atoms with Crippen LogP contribution in [0.1, 0.15) is 11.3 Å². The van der Waals surface area contributed by atoms with Gasteiger partial charge in [0.1, 0.15) is 11.6 Å². The number of benzene rings is 2. The van der Waals surface area contributed by atoms with E-state index in [-0.39, 0.29) is 5.69 Å². The number of nitrogens with zero attached hydrogens (tertiary/aromatic N) is 5. The van der Waals surface area contributed by atoms with E-state index in [1.165, 1.54) is 11.8 Å². The van der Waals surface area contributed by atoms with Gasteiger partial charge >= 0.3 is 0 Å². The fraction of sp³-hybridized carbons (Fsp3) is 0.100. The average Bonchev–Trinajstić information content (AvgIpc) is 3.07. The lowest BCUT2D eigenvalue weighted by Gasteiger charge is -2.08. The molecule has 0 bridgehead atoms. The minimum Gasteiger partial charge on any atom is -0.272 e. The Balaban J connectivity index is 2.04. The SMILES string of the molecule is CSc1nc2c(C#N)nc(-c3ccc(C)cc3)nc2n1-c1ccccc1. The molecule has 0 fully saturated rings. The summed E-state index contributed by atoms with van der Waals surface area (Å²) < 4.78 is 1.97. The van der Waals surface area contributed by atoms with Crippen molar-refractivity contribution < 1.29 is 0 Å². The molecular weight excluding hydrogens is 342 g/mol. The van der Waals surface area contributed by atoms with E-state index in [0.29, 0.717) is 17.0 Å². The average molecular weight is 357 g/mol. The molecule has 0 unspecified atom stereocenters. The second kappa shape index (κ2) is 6.62. The zero-order valence-corrected chi connectivity index (χ0v) is 15.2. The number of hydrogen-bond acceptors (Lipinski definition) is 5. The fourth-order valence-electron chi connectivity index (χ4n) is 2.79. The van der Waals surface area contributed by atoms with E-state index in [9.17, 15) is 5.26 Å². The molecule has 2 aromatic carbocycles. The smallest absolute Gasteiger partial charge is 0.174 e. The maximum absolute atomic E-state index is 9.60. The number of thioether (sulfide) groups is 1. The number of aromatic nitrogens is 4. The summed E-state index contributed by atoms with van der Waals surface area (Å²) in [6, 6.07) is 20.0. The molecule has 6 heteroatoms. The summed E-state index contributed by atoms with van der Waals surface area (Å²) in [5.74, 6) is 0.527. The largest absolute Gasteiger partial charge is 0.272 e. The Kier molecular flexibility index (Phi) is 4.15. The molecule has 0 amide bonds. The first-order valence-corrected chi connectivity index (χ1v) is 9.31. The molecule has 0 aliphatic rings. The minimum absolute atomic E-state index is 0.288. The lowest BCUT2D eigenvalue weighted by atomic mass is 10.1. The van der Waals surface area contributed by atoms with Gasteiger partial charge in [0, 0.05) is 11.3 Å². The van der Waals surface area contributed by atoms with Crippen LogP contribution in [-0.4, -0.2) is 25.8 Å². The van der Waals surface area contributed by atoms with Gasteiger partial charge in [-0.05, 0) is 25.3 Å². The molecule has 4 aromatic rings. The zero-order valence-electron chi connectivity index (χ0n) is 14.3. The third kappa shape index (κ3) is 2.72. The lowest BCUT2D eigenvalue weighted by molar-refractivity contribution is 0.912. The van der Waals surface area contributed by atoms with Crippen LogP contribution in [0.3, 0.4) is 0 Å². The molecule has 5 nitrogen and oxygen atoms in total. The zero-order chi connectivity index (χ0) is 18.1. The van der Waals surface area contributed by atoms with Gasteiger partial charge in [-0.15, -0.1) is 0 Å². The molecule has 2 aromatic heterocycles. The standard InChI is InChI=1S/C20H15N5S/c1-13-8-10-14(11-9-13)18-22-16(12-21)17-19(24-18)25(20(23-17)26-2)15-6-4-3-5-7-15/h3-11H,1-2H3. The Bertz CT molecular complexity index is 1130. The van der Waals surface area contributed by atoms with Crippen molar-refractivity contribution in [1.82, 2.24) is 19.5 Å². The van der Waals surface area contributed by atoms with Crippen molar-refractivity contribution in [3.8, 4) is 23.1 Å². The summed E-state index contributed by atoms with van der Waals surface area (Å²) in [6.45, 7) is 2.03. The van der Waals surface area contributed by atoms with E-state index in [1.54, 1.807) is 0 Å². The van der Waals surface area contributed by atoms with Crippen LogP contribution in [-0.2, 0) is 0 Å². The van der Waals surface area contributed by atoms with Crippen molar-refractivity contribution >= 4 is 22.9 Å². The van der Waals surface area contributed by atoms with Crippen molar-refractivity contribution in [3.63, 3.8) is 0 Å². The topological polar surface area (TPSA) is 67.4 Å². The summed E-state index contributed by atoms with van der Waals surface area (Å²) in [4.78, 5) is 13.8. The van der Waals surface area contributed by atoms with Gasteiger partial charge in [-0.25, -0.2) is 15.0 Å². The van der Waals surface area contributed by atoms with Gasteiger partial charge in [-0.1, -0.05) is 59.8 Å². The van der Waals surface area contributed by atoms with Crippen molar-refractivity contribution in [2.24, 2.45) is 0 Å². The normalized spacial score (nSPS) is 10.8. The number of fused-ring (bicyclic) bond motifs is 1. The predicted molar refractivity (Wildman–Crippen MR) is 103 cm³/mol. The molecule has 126 valence electrons. The maximum atomic E-state index is 9.60. The van der Waals surface area contributed by atoms with Gasteiger partial charge in [0.05, 0.1) is 0 Å². The molecule has 0 aliphatic carbocycles. The van der Waals surface area contributed by atoms with Crippen LogP contribution in [0.5, 0.6) is 0 Å². The fourth-order valence-corrected chi connectivity index (χ4v) is 3.35. The molecule has 26 heavy (non-hydrogen) atoms. The minimum atomic E-state index is 0.288. The highest BCUT2D eigenvalue weighted by Crippen LogP contribution is 2.28. The second-order valence-electron chi connectivity index (χ2n) is 5.82. The molecule has 2 heterocycles. The van der Waals surface area contributed by atoms with Gasteiger partial charge in [0.15, 0.2) is 22.3 Å². The second-order valence-corrected chi connectivity index (χ2v) is 6.59. The Labute approximate surface area is 155 Å². The molecule has 0 aliphatic heterocycles. The number of rotatable bonds is 3. The van der Waals surface area contributed by atoms with Crippen LogP contribution in [0, 0.1) is 18.3 Å². The summed E-state index contributed by atoms with van der Waals surface area (Å²) in [7, 11) is 0. The number of aryl methyl sites for hydroxylation is 1. The Hall–Kier alpha value is -3.17. The van der Waals surface area contributed by atoms with E-state index in [1.807, 2.05) is 72.3 Å². The molecule has 0 saturated carbocycles. The predicted octanol–water partition coefficient (Wildman–Crippen LogP) is 4.38. The van der Waals surface area contributed by atoms with E-state index in [2.05, 4.69) is 16.0 Å². The summed E-state index contributed by atoms with van der Waals surface area (Å²) >= 11 is 1.51. The third-order valence-electron chi connectivity index (χ3n) is 4.09. The highest BCUT2D eigenvalue weighted by molar-refractivity contribution is 7.98. The van der Waals surface area contributed by atoms with Crippen LogP contribution in [0.15, 0.2) is 59.8 Å². The first kappa shape index (κ1) is 16.3. The van der Waals surface area contributed by atoms with E-state index < -0.39 is 0 Å². The first-order chi connectivity index (χ1) is 12.7. The Morgan fingerprint density at radius 2 is 1.69 bits per heavy atom. The molecule has 0 N–H and O–H groups in total. The van der Waals surface area contributed by atoms with E-state index >= 15 is 0 Å². The van der Waals surface area contributed by atoms with Crippen LogP contribution >= 0.6 is 11.8 Å². The number of hydrogen-bond donors (Lipinski definition) is 0. The van der Waals surface area contributed by atoms with Gasteiger partial charge < -0.3 is 0 Å². The number of nitriles is 1. The summed E-state index contributed by atoms with van der Waals surface area (Å²) in [5.41, 5.74) is 4.45. The monoisotopic (exact) mass is 357 g/mol. The number of imidazole rings is 1. The molecule has 0 spiro atoms. The van der Waals surface area contributed by atoms with Crippen molar-refractivity contribution in [3.05, 3.63) is 65.9 Å². The first-order valence-electron chi connectivity index (χ1n) is 8.08. The van der Waals surface area contributed by atoms with Crippen molar-refractivity contribution in [1.29, 1.82) is 5.26 Å². The molecule has 0 atom stereocenters. The van der Waals surface area contributed by atoms with Crippen LogP contribution in [0.2, 0.25) is 0 Å². The van der Waals surface area contributed by atoms with Gasteiger partial charge in [-0.2, -0.15) is 5.26 Å². The Morgan fingerprint density at radius 1 is 0.962 bits per heavy atom. The number of para-hydroxylation sites is 1.